The summed E-state index contributed by atoms with van der Waals surface area (Å²) in [6, 6.07) is 6.46. The Kier molecular flexibility index (Phi) is 4.54. The van der Waals surface area contributed by atoms with Crippen LogP contribution in [0.4, 0.5) is 0 Å². The van der Waals surface area contributed by atoms with Crippen molar-refractivity contribution in [2.24, 2.45) is 5.73 Å². The molecule has 5 nitrogen and oxygen atoms in total. The van der Waals surface area contributed by atoms with E-state index in [0.29, 0.717) is 0 Å². The molecule has 2 aromatic rings. The Morgan fingerprint density at radius 3 is 2.80 bits per heavy atom. The van der Waals surface area contributed by atoms with E-state index in [1.165, 1.54) is 11.3 Å². The Morgan fingerprint density at radius 2 is 2.20 bits per heavy atom. The van der Waals surface area contributed by atoms with Crippen molar-refractivity contribution >= 4 is 21.4 Å². The molecule has 108 valence electrons. The molecule has 0 saturated carbocycles. The van der Waals surface area contributed by atoms with Crippen LogP contribution in [0.15, 0.2) is 34.5 Å². The molecule has 7 heteroatoms. The van der Waals surface area contributed by atoms with Crippen LogP contribution < -0.4 is 10.5 Å². The van der Waals surface area contributed by atoms with Gasteiger partial charge in [0.15, 0.2) is 0 Å². The molecule has 3 N–H and O–H groups in total. The third kappa shape index (κ3) is 3.63. The van der Waals surface area contributed by atoms with Crippen molar-refractivity contribution in [3.8, 4) is 0 Å². The minimum absolute atomic E-state index is 0.198. The molecule has 0 bridgehead atoms. The SMILES string of the molecule is Cc1csc(CNS(=O)(=O)c2cccc(C(C)N)c2)n1. The van der Waals surface area contributed by atoms with Crippen LogP contribution in [-0.2, 0) is 16.6 Å². The Balaban J connectivity index is 2.15. The normalized spacial score (nSPS) is 13.3. The molecule has 0 spiro atoms. The first-order valence-electron chi connectivity index (χ1n) is 6.15. The van der Waals surface area contributed by atoms with Crippen LogP contribution in [0.2, 0.25) is 0 Å². The molecular formula is C13H17N3O2S2. The van der Waals surface area contributed by atoms with Crippen LogP contribution in [0, 0.1) is 6.92 Å². The minimum Gasteiger partial charge on any atom is -0.324 e. The second-order valence-corrected chi connectivity index (χ2v) is 7.28. The van der Waals surface area contributed by atoms with Gasteiger partial charge in [-0.1, -0.05) is 12.1 Å². The molecule has 1 atom stereocenters. The van der Waals surface area contributed by atoms with Crippen LogP contribution >= 0.6 is 11.3 Å². The van der Waals surface area contributed by atoms with Gasteiger partial charge >= 0.3 is 0 Å². The van der Waals surface area contributed by atoms with Crippen molar-refractivity contribution in [1.82, 2.24) is 9.71 Å². The van der Waals surface area contributed by atoms with E-state index in [1.54, 1.807) is 18.2 Å². The highest BCUT2D eigenvalue weighted by molar-refractivity contribution is 7.89. The lowest BCUT2D eigenvalue weighted by Crippen LogP contribution is -2.23. The summed E-state index contributed by atoms with van der Waals surface area (Å²) in [6.07, 6.45) is 0. The predicted molar refractivity (Wildman–Crippen MR) is 79.9 cm³/mol. The van der Waals surface area contributed by atoms with Crippen molar-refractivity contribution in [2.75, 3.05) is 0 Å². The predicted octanol–water partition coefficient (Wildman–Crippen LogP) is 1.95. The first-order chi connectivity index (χ1) is 9.38. The van der Waals surface area contributed by atoms with E-state index < -0.39 is 10.0 Å². The Hall–Kier alpha value is -1.28. The molecule has 0 amide bonds. The van der Waals surface area contributed by atoms with Gasteiger partial charge in [-0.15, -0.1) is 11.3 Å². The first kappa shape index (κ1) is 15.1. The molecular weight excluding hydrogens is 294 g/mol. The second-order valence-electron chi connectivity index (χ2n) is 4.57. The average Bonchev–Trinajstić information content (AvgIpc) is 2.82. The van der Waals surface area contributed by atoms with Gasteiger partial charge in [-0.25, -0.2) is 18.1 Å². The van der Waals surface area contributed by atoms with Gasteiger partial charge in [0.2, 0.25) is 10.0 Å². The monoisotopic (exact) mass is 311 g/mol. The van der Waals surface area contributed by atoms with Crippen LogP contribution in [0.3, 0.4) is 0 Å². The number of nitrogens with one attached hydrogen (secondary N) is 1. The number of nitrogens with zero attached hydrogens (tertiary/aromatic N) is 1. The van der Waals surface area contributed by atoms with E-state index in [9.17, 15) is 8.42 Å². The Labute approximate surface area is 122 Å². The first-order valence-corrected chi connectivity index (χ1v) is 8.51. The average molecular weight is 311 g/mol. The number of rotatable bonds is 5. The van der Waals surface area contributed by atoms with Gasteiger partial charge < -0.3 is 5.73 Å². The fourth-order valence-corrected chi connectivity index (χ4v) is 3.53. The van der Waals surface area contributed by atoms with Gasteiger partial charge in [-0.3, -0.25) is 0 Å². The zero-order chi connectivity index (χ0) is 14.8. The number of hydrogen-bond acceptors (Lipinski definition) is 5. The summed E-state index contributed by atoms with van der Waals surface area (Å²) in [4.78, 5) is 4.45. The zero-order valence-corrected chi connectivity index (χ0v) is 13.0. The highest BCUT2D eigenvalue weighted by Gasteiger charge is 2.15. The molecule has 1 unspecified atom stereocenters. The number of sulfonamides is 1. The summed E-state index contributed by atoms with van der Waals surface area (Å²) in [5.41, 5.74) is 7.45. The quantitative estimate of drug-likeness (QED) is 0.884. The summed E-state index contributed by atoms with van der Waals surface area (Å²) in [6.45, 7) is 3.89. The minimum atomic E-state index is -3.54. The maximum Gasteiger partial charge on any atom is 0.240 e. The van der Waals surface area contributed by atoms with E-state index in [2.05, 4.69) is 9.71 Å². The fourth-order valence-electron chi connectivity index (χ4n) is 1.69. The molecule has 0 radical (unpaired) electrons. The molecule has 0 saturated heterocycles. The molecule has 1 aromatic heterocycles. The lowest BCUT2D eigenvalue weighted by atomic mass is 10.1. The van der Waals surface area contributed by atoms with E-state index in [-0.39, 0.29) is 17.5 Å². The zero-order valence-electron chi connectivity index (χ0n) is 11.3. The van der Waals surface area contributed by atoms with Crippen molar-refractivity contribution in [1.29, 1.82) is 0 Å². The number of thiazole rings is 1. The maximum atomic E-state index is 12.2. The van der Waals surface area contributed by atoms with Gasteiger partial charge in [-0.05, 0) is 31.5 Å². The number of benzene rings is 1. The largest absolute Gasteiger partial charge is 0.324 e. The van der Waals surface area contributed by atoms with Crippen LogP contribution in [0.25, 0.3) is 0 Å². The number of hydrogen-bond donors (Lipinski definition) is 2. The maximum absolute atomic E-state index is 12.2. The van der Waals surface area contributed by atoms with Crippen LogP contribution in [0.1, 0.15) is 29.2 Å². The van der Waals surface area contributed by atoms with Crippen LogP contribution in [0.5, 0.6) is 0 Å². The fraction of sp³-hybridized carbons (Fsp3) is 0.308. The summed E-state index contributed by atoms with van der Waals surface area (Å²) in [5, 5.41) is 2.63. The lowest BCUT2D eigenvalue weighted by molar-refractivity contribution is 0.581. The van der Waals surface area contributed by atoms with Crippen molar-refractivity contribution < 1.29 is 8.42 Å². The summed E-state index contributed by atoms with van der Waals surface area (Å²) < 4.78 is 27.0. The highest BCUT2D eigenvalue weighted by Crippen LogP contribution is 2.16. The lowest BCUT2D eigenvalue weighted by Gasteiger charge is -2.09. The third-order valence-corrected chi connectivity index (χ3v) is 5.14. The summed E-state index contributed by atoms with van der Waals surface area (Å²) in [7, 11) is -3.54. The van der Waals surface area contributed by atoms with Gasteiger partial charge in [0.05, 0.1) is 11.4 Å². The van der Waals surface area contributed by atoms with Crippen molar-refractivity contribution in [2.45, 2.75) is 31.3 Å². The van der Waals surface area contributed by atoms with Gasteiger partial charge in [0, 0.05) is 17.1 Å². The molecule has 1 heterocycles. The van der Waals surface area contributed by atoms with Gasteiger partial charge in [0.25, 0.3) is 0 Å². The topological polar surface area (TPSA) is 85.1 Å². The summed E-state index contributed by atoms with van der Waals surface area (Å²) >= 11 is 1.44. The Morgan fingerprint density at radius 1 is 1.45 bits per heavy atom. The number of aryl methyl sites for hydroxylation is 1. The second kappa shape index (κ2) is 6.01. The standard InChI is InChI=1S/C13H17N3O2S2/c1-9-8-19-13(16-9)7-15-20(17,18)12-5-3-4-11(6-12)10(2)14/h3-6,8,10,15H,7,14H2,1-2H3. The molecule has 0 fully saturated rings. The molecule has 0 aliphatic rings. The molecule has 0 aliphatic heterocycles. The molecule has 1 aromatic carbocycles. The number of nitrogens with two attached hydrogens (primary N) is 1. The molecule has 2 rings (SSSR count). The van der Waals surface area contributed by atoms with Gasteiger partial charge in [-0.2, -0.15) is 0 Å². The van der Waals surface area contributed by atoms with Crippen LogP contribution in [-0.4, -0.2) is 13.4 Å². The highest BCUT2D eigenvalue weighted by atomic mass is 32.2. The smallest absolute Gasteiger partial charge is 0.240 e. The van der Waals surface area contributed by atoms with E-state index in [0.717, 1.165) is 16.3 Å². The number of aromatic nitrogens is 1. The van der Waals surface area contributed by atoms with Crippen molar-refractivity contribution in [3.05, 3.63) is 45.9 Å². The van der Waals surface area contributed by atoms with Crippen molar-refractivity contribution in [3.63, 3.8) is 0 Å². The van der Waals surface area contributed by atoms with E-state index >= 15 is 0 Å². The summed E-state index contributed by atoms with van der Waals surface area (Å²) in [5.74, 6) is 0. The molecule has 20 heavy (non-hydrogen) atoms. The van der Waals surface area contributed by atoms with Gasteiger partial charge in [0.1, 0.15) is 5.01 Å². The van der Waals surface area contributed by atoms with E-state index in [4.69, 9.17) is 5.73 Å². The molecule has 0 aliphatic carbocycles. The Bertz CT molecular complexity index is 693. The third-order valence-electron chi connectivity index (χ3n) is 2.77. The van der Waals surface area contributed by atoms with E-state index in [1.807, 2.05) is 25.3 Å².